The number of carbonyl (C=O) groups is 4. The molecule has 0 saturated carbocycles. The van der Waals surface area contributed by atoms with E-state index in [9.17, 15) is 19.2 Å². The van der Waals surface area contributed by atoms with E-state index in [0.29, 0.717) is 43.4 Å². The topological polar surface area (TPSA) is 119 Å². The Labute approximate surface area is 210 Å². The summed E-state index contributed by atoms with van der Waals surface area (Å²) in [6.07, 6.45) is 3.18. The predicted molar refractivity (Wildman–Crippen MR) is 131 cm³/mol. The first-order valence-electron chi connectivity index (χ1n) is 11.7. The molecule has 0 bridgehead atoms. The van der Waals surface area contributed by atoms with E-state index in [0.717, 1.165) is 15.8 Å². The molecule has 6 rings (SSSR count). The number of nitrogens with one attached hydrogen (secondary N) is 1. The number of morpholine rings is 1. The predicted octanol–water partition coefficient (Wildman–Crippen LogP) is 1.90. The maximum atomic E-state index is 13.4. The number of carbonyl (C=O) groups excluding carboxylic acids is 4. The molecule has 11 nitrogen and oxygen atoms in total. The zero-order valence-electron chi connectivity index (χ0n) is 19.6. The van der Waals surface area contributed by atoms with E-state index in [1.807, 2.05) is 24.3 Å². The molecule has 11 heteroatoms. The molecule has 0 atom stereocenters. The molecular weight excluding hydrogens is 480 g/mol. The molecule has 188 valence electrons. The lowest BCUT2D eigenvalue weighted by atomic mass is 10.1. The van der Waals surface area contributed by atoms with Gasteiger partial charge in [0.15, 0.2) is 11.5 Å². The molecule has 3 aliphatic heterocycles. The van der Waals surface area contributed by atoms with Crippen molar-refractivity contribution in [2.45, 2.75) is 6.54 Å². The zero-order chi connectivity index (χ0) is 25.5. The summed E-state index contributed by atoms with van der Waals surface area (Å²) >= 11 is 0. The van der Waals surface area contributed by atoms with Crippen LogP contribution in [0.3, 0.4) is 0 Å². The third kappa shape index (κ3) is 4.08. The Morgan fingerprint density at radius 2 is 1.78 bits per heavy atom. The highest BCUT2D eigenvalue weighted by molar-refractivity contribution is 6.39. The third-order valence-corrected chi connectivity index (χ3v) is 6.50. The summed E-state index contributed by atoms with van der Waals surface area (Å²) in [6.45, 7) is 2.23. The van der Waals surface area contributed by atoms with Gasteiger partial charge < -0.3 is 23.7 Å². The number of hydrogen-bond acceptors (Lipinski definition) is 7. The van der Waals surface area contributed by atoms with Gasteiger partial charge in [0.05, 0.1) is 18.9 Å². The van der Waals surface area contributed by atoms with Crippen molar-refractivity contribution in [3.05, 3.63) is 59.8 Å². The molecule has 4 heterocycles. The molecule has 2 fully saturated rings. The van der Waals surface area contributed by atoms with E-state index in [-0.39, 0.29) is 30.5 Å². The number of ether oxygens (including phenoxy) is 3. The number of imide groups is 2. The van der Waals surface area contributed by atoms with Gasteiger partial charge in [0.1, 0.15) is 12.1 Å². The molecule has 37 heavy (non-hydrogen) atoms. The highest BCUT2D eigenvalue weighted by Crippen LogP contribution is 2.36. The number of rotatable bonds is 4. The van der Waals surface area contributed by atoms with E-state index in [2.05, 4.69) is 5.32 Å². The van der Waals surface area contributed by atoms with Crippen LogP contribution in [0.1, 0.15) is 5.56 Å². The van der Waals surface area contributed by atoms with Crippen molar-refractivity contribution in [2.75, 3.05) is 38.0 Å². The number of anilines is 1. The lowest BCUT2D eigenvalue weighted by molar-refractivity contribution is -0.135. The van der Waals surface area contributed by atoms with E-state index in [4.69, 9.17) is 14.2 Å². The fraction of sp³-hybridized carbons (Fsp3) is 0.231. The largest absolute Gasteiger partial charge is 0.454 e. The Kier molecular flexibility index (Phi) is 5.61. The van der Waals surface area contributed by atoms with Gasteiger partial charge in [-0.2, -0.15) is 0 Å². The number of barbiturate groups is 1. The van der Waals surface area contributed by atoms with Crippen LogP contribution in [-0.4, -0.2) is 66.3 Å². The van der Waals surface area contributed by atoms with Crippen LogP contribution in [0.2, 0.25) is 0 Å². The zero-order valence-corrected chi connectivity index (χ0v) is 19.6. The average molecular weight is 502 g/mol. The van der Waals surface area contributed by atoms with Crippen molar-refractivity contribution in [2.24, 2.45) is 0 Å². The molecule has 1 N–H and O–H groups in total. The first kappa shape index (κ1) is 22.8. The molecule has 0 unspecified atom stereocenters. The van der Waals surface area contributed by atoms with Gasteiger partial charge in [0, 0.05) is 41.8 Å². The van der Waals surface area contributed by atoms with Gasteiger partial charge in [0.2, 0.25) is 12.7 Å². The molecule has 3 aliphatic rings. The van der Waals surface area contributed by atoms with Gasteiger partial charge in [-0.15, -0.1) is 0 Å². The van der Waals surface area contributed by atoms with E-state index < -0.39 is 17.8 Å². The molecule has 1 aromatic heterocycles. The average Bonchev–Trinajstić information content (AvgIpc) is 3.51. The number of benzene rings is 2. The van der Waals surface area contributed by atoms with Gasteiger partial charge in [-0.25, -0.2) is 9.69 Å². The van der Waals surface area contributed by atoms with Crippen molar-refractivity contribution in [3.8, 4) is 11.5 Å². The lowest BCUT2D eigenvalue weighted by Crippen LogP contribution is -2.54. The molecular formula is C26H22N4O7. The number of urea groups is 1. The minimum atomic E-state index is -0.857. The quantitative estimate of drug-likeness (QED) is 0.428. The van der Waals surface area contributed by atoms with Crippen LogP contribution < -0.4 is 19.7 Å². The van der Waals surface area contributed by atoms with Gasteiger partial charge >= 0.3 is 6.03 Å². The summed E-state index contributed by atoms with van der Waals surface area (Å²) in [5.74, 6) is -0.718. The van der Waals surface area contributed by atoms with Crippen molar-refractivity contribution in [1.82, 2.24) is 14.8 Å². The lowest BCUT2D eigenvalue weighted by Gasteiger charge is -2.27. The Hall–Kier alpha value is -4.64. The van der Waals surface area contributed by atoms with Gasteiger partial charge in [-0.1, -0.05) is 18.2 Å². The van der Waals surface area contributed by atoms with E-state index >= 15 is 0 Å². The molecule has 0 spiro atoms. The van der Waals surface area contributed by atoms with Crippen molar-refractivity contribution in [1.29, 1.82) is 0 Å². The Bertz CT molecular complexity index is 1490. The summed E-state index contributed by atoms with van der Waals surface area (Å²) < 4.78 is 17.8. The second-order valence-electron chi connectivity index (χ2n) is 8.72. The number of nitrogens with zero attached hydrogens (tertiary/aromatic N) is 3. The molecule has 3 aromatic rings. The van der Waals surface area contributed by atoms with Crippen LogP contribution in [0.5, 0.6) is 11.5 Å². The van der Waals surface area contributed by atoms with E-state index in [1.54, 1.807) is 27.8 Å². The standard InChI is InChI=1S/C26H22N4O7/c31-23(28-7-9-35-10-8-28)14-29-13-16(18-3-1-2-4-20(18)29)11-19-24(32)27-26(34)30(25(19)33)17-5-6-21-22(12-17)37-15-36-21/h1-6,11-13H,7-10,14-15H2,(H,27,32,34)/b19-11-. The van der Waals surface area contributed by atoms with Gasteiger partial charge in [-0.3, -0.25) is 19.7 Å². The first-order valence-corrected chi connectivity index (χ1v) is 11.7. The maximum Gasteiger partial charge on any atom is 0.335 e. The Balaban J connectivity index is 1.34. The summed E-state index contributed by atoms with van der Waals surface area (Å²) in [7, 11) is 0. The minimum absolute atomic E-state index is 0.0423. The number of para-hydroxylation sites is 1. The van der Waals surface area contributed by atoms with E-state index in [1.165, 1.54) is 12.1 Å². The summed E-state index contributed by atoms with van der Waals surface area (Å²) in [5.41, 5.74) is 1.38. The maximum absolute atomic E-state index is 13.4. The van der Waals surface area contributed by atoms with Crippen LogP contribution in [0.4, 0.5) is 10.5 Å². The number of fused-ring (bicyclic) bond motifs is 2. The summed E-state index contributed by atoms with van der Waals surface area (Å²) in [5, 5.41) is 2.99. The van der Waals surface area contributed by atoms with Crippen LogP contribution >= 0.6 is 0 Å². The third-order valence-electron chi connectivity index (χ3n) is 6.50. The smallest absolute Gasteiger partial charge is 0.335 e. The van der Waals surface area contributed by atoms with Crippen LogP contribution in [0.15, 0.2) is 54.2 Å². The van der Waals surface area contributed by atoms with Crippen LogP contribution in [0, 0.1) is 0 Å². The van der Waals surface area contributed by atoms with Crippen molar-refractivity contribution in [3.63, 3.8) is 0 Å². The highest BCUT2D eigenvalue weighted by atomic mass is 16.7. The summed E-state index contributed by atoms with van der Waals surface area (Å²) in [6, 6.07) is 11.2. The second kappa shape index (κ2) is 9.10. The number of amides is 5. The van der Waals surface area contributed by atoms with Crippen LogP contribution in [0.25, 0.3) is 17.0 Å². The second-order valence-corrected chi connectivity index (χ2v) is 8.72. The monoisotopic (exact) mass is 502 g/mol. The number of hydrogen-bond donors (Lipinski definition) is 1. The fourth-order valence-electron chi connectivity index (χ4n) is 4.65. The van der Waals surface area contributed by atoms with Crippen LogP contribution in [-0.2, 0) is 25.7 Å². The minimum Gasteiger partial charge on any atom is -0.454 e. The molecule has 0 aliphatic carbocycles. The molecule has 5 amide bonds. The Morgan fingerprint density at radius 1 is 1.00 bits per heavy atom. The summed E-state index contributed by atoms with van der Waals surface area (Å²) in [4.78, 5) is 54.3. The van der Waals surface area contributed by atoms with Gasteiger partial charge in [0.25, 0.3) is 11.8 Å². The molecule has 2 saturated heterocycles. The fourth-order valence-corrected chi connectivity index (χ4v) is 4.65. The molecule has 0 radical (unpaired) electrons. The first-order chi connectivity index (χ1) is 18.0. The van der Waals surface area contributed by atoms with Crippen molar-refractivity contribution < 1.29 is 33.4 Å². The number of aromatic nitrogens is 1. The normalized spacial score (nSPS) is 18.6. The molecule has 2 aromatic carbocycles. The van der Waals surface area contributed by atoms with Gasteiger partial charge in [-0.05, 0) is 24.3 Å². The van der Waals surface area contributed by atoms with Crippen molar-refractivity contribution >= 4 is 46.4 Å². The SMILES string of the molecule is O=C1NC(=O)N(c2ccc3c(c2)OCO3)C(=O)/C1=C\c1cn(CC(=O)N2CCOCC2)c2ccccc12. The Morgan fingerprint density at radius 3 is 2.62 bits per heavy atom. The highest BCUT2D eigenvalue weighted by Gasteiger charge is 2.37.